The SMILES string of the molecule is CC(C)(C(=O)NCC1CCCC1O)n1cc([N+](=O)[O-])cn1. The summed E-state index contributed by atoms with van der Waals surface area (Å²) in [6, 6.07) is 0. The highest BCUT2D eigenvalue weighted by atomic mass is 16.6. The van der Waals surface area contributed by atoms with Crippen LogP contribution in [0.4, 0.5) is 5.69 Å². The first-order chi connectivity index (χ1) is 9.82. The largest absolute Gasteiger partial charge is 0.393 e. The Balaban J connectivity index is 2.00. The lowest BCUT2D eigenvalue weighted by Gasteiger charge is -2.25. The Kier molecular flexibility index (Phi) is 4.26. The van der Waals surface area contributed by atoms with Crippen LogP contribution in [0.5, 0.6) is 0 Å². The fourth-order valence-electron chi connectivity index (χ4n) is 2.51. The first-order valence-electron chi connectivity index (χ1n) is 6.98. The van der Waals surface area contributed by atoms with Crippen molar-refractivity contribution in [1.29, 1.82) is 0 Å². The van der Waals surface area contributed by atoms with Crippen molar-refractivity contribution < 1.29 is 14.8 Å². The fourth-order valence-corrected chi connectivity index (χ4v) is 2.51. The Morgan fingerprint density at radius 1 is 1.62 bits per heavy atom. The molecule has 116 valence electrons. The van der Waals surface area contributed by atoms with Crippen molar-refractivity contribution in [2.24, 2.45) is 5.92 Å². The molecule has 0 aliphatic heterocycles. The molecular weight excluding hydrogens is 276 g/mol. The number of aromatic nitrogens is 2. The topological polar surface area (TPSA) is 110 Å². The number of carbonyl (C=O) groups is 1. The van der Waals surface area contributed by atoms with Gasteiger partial charge in [0.25, 0.3) is 0 Å². The minimum atomic E-state index is -1.03. The molecule has 1 aromatic heterocycles. The summed E-state index contributed by atoms with van der Waals surface area (Å²) in [6.07, 6.45) is 4.64. The van der Waals surface area contributed by atoms with Crippen molar-refractivity contribution in [2.75, 3.05) is 6.54 Å². The Morgan fingerprint density at radius 2 is 2.33 bits per heavy atom. The number of aliphatic hydroxyl groups excluding tert-OH is 1. The van der Waals surface area contributed by atoms with Crippen LogP contribution in [0.2, 0.25) is 0 Å². The lowest BCUT2D eigenvalue weighted by molar-refractivity contribution is -0.385. The normalized spacial score (nSPS) is 22.2. The molecule has 1 saturated carbocycles. The standard InChI is InChI=1S/C13H20N4O4/c1-13(2,16-8-10(7-15-16)17(20)21)12(19)14-6-9-4-3-5-11(9)18/h7-9,11,18H,3-6H2,1-2H3,(H,14,19). The highest BCUT2D eigenvalue weighted by Gasteiger charge is 2.33. The van der Waals surface area contributed by atoms with Gasteiger partial charge in [-0.3, -0.25) is 19.6 Å². The van der Waals surface area contributed by atoms with Gasteiger partial charge < -0.3 is 10.4 Å². The molecule has 2 atom stereocenters. The number of aliphatic hydroxyl groups is 1. The molecule has 8 heteroatoms. The van der Waals surface area contributed by atoms with Crippen LogP contribution >= 0.6 is 0 Å². The van der Waals surface area contributed by atoms with Crippen LogP contribution in [0.1, 0.15) is 33.1 Å². The van der Waals surface area contributed by atoms with E-state index in [1.807, 2.05) is 0 Å². The average molecular weight is 296 g/mol. The van der Waals surface area contributed by atoms with Crippen molar-refractivity contribution in [3.63, 3.8) is 0 Å². The molecule has 0 spiro atoms. The number of carbonyl (C=O) groups excluding carboxylic acids is 1. The zero-order chi connectivity index (χ0) is 15.6. The minimum absolute atomic E-state index is 0.0803. The van der Waals surface area contributed by atoms with E-state index in [1.54, 1.807) is 13.8 Å². The number of nitrogens with zero attached hydrogens (tertiary/aromatic N) is 3. The van der Waals surface area contributed by atoms with Gasteiger partial charge in [0.05, 0.1) is 11.0 Å². The van der Waals surface area contributed by atoms with E-state index >= 15 is 0 Å². The molecule has 1 amide bonds. The highest BCUT2D eigenvalue weighted by molar-refractivity contribution is 5.83. The summed E-state index contributed by atoms with van der Waals surface area (Å²) in [6.45, 7) is 3.70. The lowest BCUT2D eigenvalue weighted by Crippen LogP contribution is -2.46. The second kappa shape index (κ2) is 5.80. The van der Waals surface area contributed by atoms with Crippen LogP contribution in [-0.4, -0.2) is 38.4 Å². The number of amides is 1. The van der Waals surface area contributed by atoms with E-state index in [2.05, 4.69) is 10.4 Å². The number of nitrogens with one attached hydrogen (secondary N) is 1. The second-order valence-corrected chi connectivity index (χ2v) is 5.93. The number of rotatable bonds is 5. The van der Waals surface area contributed by atoms with Crippen molar-refractivity contribution in [3.8, 4) is 0 Å². The van der Waals surface area contributed by atoms with Crippen molar-refractivity contribution >= 4 is 11.6 Å². The number of hydrogen-bond acceptors (Lipinski definition) is 5. The van der Waals surface area contributed by atoms with Crippen molar-refractivity contribution in [2.45, 2.75) is 44.8 Å². The van der Waals surface area contributed by atoms with E-state index in [-0.39, 0.29) is 23.6 Å². The molecule has 21 heavy (non-hydrogen) atoms. The zero-order valence-electron chi connectivity index (χ0n) is 12.2. The van der Waals surface area contributed by atoms with Crippen LogP contribution in [0.25, 0.3) is 0 Å². The maximum atomic E-state index is 12.3. The Bertz CT molecular complexity index is 540. The van der Waals surface area contributed by atoms with E-state index in [0.717, 1.165) is 25.5 Å². The van der Waals surface area contributed by atoms with Crippen molar-refractivity contribution in [1.82, 2.24) is 15.1 Å². The van der Waals surface area contributed by atoms with Crippen LogP contribution in [-0.2, 0) is 10.3 Å². The van der Waals surface area contributed by atoms with Gasteiger partial charge in [-0.2, -0.15) is 5.10 Å². The summed E-state index contributed by atoms with van der Waals surface area (Å²) >= 11 is 0. The smallest absolute Gasteiger partial charge is 0.307 e. The maximum Gasteiger partial charge on any atom is 0.307 e. The molecular formula is C13H20N4O4. The fraction of sp³-hybridized carbons (Fsp3) is 0.692. The van der Waals surface area contributed by atoms with Gasteiger partial charge in [-0.05, 0) is 26.7 Å². The summed E-state index contributed by atoms with van der Waals surface area (Å²) in [7, 11) is 0. The van der Waals surface area contributed by atoms with Crippen LogP contribution < -0.4 is 5.32 Å². The molecule has 1 heterocycles. The lowest BCUT2D eigenvalue weighted by atomic mass is 10.0. The van der Waals surface area contributed by atoms with Gasteiger partial charge in [0.15, 0.2) is 0 Å². The molecule has 0 radical (unpaired) electrons. The Morgan fingerprint density at radius 3 is 2.86 bits per heavy atom. The van der Waals surface area contributed by atoms with E-state index in [9.17, 15) is 20.0 Å². The average Bonchev–Trinajstić information content (AvgIpc) is 3.05. The monoisotopic (exact) mass is 296 g/mol. The molecule has 0 aromatic carbocycles. The van der Waals surface area contributed by atoms with Gasteiger partial charge in [0.1, 0.15) is 17.9 Å². The van der Waals surface area contributed by atoms with Crippen LogP contribution in [0, 0.1) is 16.0 Å². The van der Waals surface area contributed by atoms with E-state index in [0.29, 0.717) is 6.54 Å². The maximum absolute atomic E-state index is 12.3. The third-order valence-corrected chi connectivity index (χ3v) is 4.05. The number of nitro groups is 1. The minimum Gasteiger partial charge on any atom is -0.393 e. The van der Waals surface area contributed by atoms with Crippen LogP contribution in [0.15, 0.2) is 12.4 Å². The summed E-state index contributed by atoms with van der Waals surface area (Å²) < 4.78 is 1.28. The predicted molar refractivity (Wildman–Crippen MR) is 74.6 cm³/mol. The predicted octanol–water partition coefficient (Wildman–Crippen LogP) is 0.804. The van der Waals surface area contributed by atoms with Gasteiger partial charge >= 0.3 is 5.69 Å². The van der Waals surface area contributed by atoms with Crippen molar-refractivity contribution in [3.05, 3.63) is 22.5 Å². The molecule has 0 saturated heterocycles. The van der Waals surface area contributed by atoms with Gasteiger partial charge in [-0.25, -0.2) is 0 Å². The third-order valence-electron chi connectivity index (χ3n) is 4.05. The molecule has 1 aliphatic carbocycles. The molecule has 2 unspecified atom stereocenters. The Labute approximate surface area is 122 Å². The molecule has 2 rings (SSSR count). The van der Waals surface area contributed by atoms with Gasteiger partial charge in [0.2, 0.25) is 5.91 Å². The summed E-state index contributed by atoms with van der Waals surface area (Å²) in [4.78, 5) is 22.4. The molecule has 1 aliphatic rings. The van der Waals surface area contributed by atoms with E-state index in [1.165, 1.54) is 10.9 Å². The first-order valence-corrected chi connectivity index (χ1v) is 6.98. The van der Waals surface area contributed by atoms with E-state index in [4.69, 9.17) is 0 Å². The van der Waals surface area contributed by atoms with Gasteiger partial charge in [-0.15, -0.1) is 0 Å². The second-order valence-electron chi connectivity index (χ2n) is 5.93. The molecule has 0 bridgehead atoms. The zero-order valence-corrected chi connectivity index (χ0v) is 12.2. The van der Waals surface area contributed by atoms with Gasteiger partial charge in [-0.1, -0.05) is 6.42 Å². The van der Waals surface area contributed by atoms with Crippen LogP contribution in [0.3, 0.4) is 0 Å². The molecule has 1 fully saturated rings. The first kappa shape index (κ1) is 15.4. The van der Waals surface area contributed by atoms with Gasteiger partial charge in [0, 0.05) is 12.5 Å². The molecule has 8 nitrogen and oxygen atoms in total. The third kappa shape index (κ3) is 3.21. The molecule has 2 N–H and O–H groups in total. The quantitative estimate of drug-likeness (QED) is 0.617. The summed E-state index contributed by atoms with van der Waals surface area (Å²) in [5.74, 6) is -0.198. The highest BCUT2D eigenvalue weighted by Crippen LogP contribution is 2.25. The molecule has 1 aromatic rings. The Hall–Kier alpha value is -1.96. The number of hydrogen-bond donors (Lipinski definition) is 2. The van der Waals surface area contributed by atoms with E-state index < -0.39 is 10.5 Å². The summed E-state index contributed by atoms with van der Waals surface area (Å²) in [5.41, 5.74) is -1.18. The summed E-state index contributed by atoms with van der Waals surface area (Å²) in [5, 5.41) is 27.1.